The molecule has 0 heterocycles. The number of nitrogens with zero attached hydrogens (tertiary/aromatic N) is 1. The summed E-state index contributed by atoms with van der Waals surface area (Å²) in [6.45, 7) is 2.31. The van der Waals surface area contributed by atoms with Crippen molar-refractivity contribution in [3.05, 3.63) is 63.6 Å². The number of Topliss-reactive ketones (excluding diaryl/α,β-unsaturated/α-hetero) is 1. The van der Waals surface area contributed by atoms with E-state index in [1.54, 1.807) is 42.5 Å². The van der Waals surface area contributed by atoms with Crippen LogP contribution < -0.4 is 10.6 Å². The molecule has 2 aromatic carbocycles. The first-order valence-corrected chi connectivity index (χ1v) is 8.13. The summed E-state index contributed by atoms with van der Waals surface area (Å²) in [7, 11) is 0. The Hall–Kier alpha value is -2.65. The van der Waals surface area contributed by atoms with E-state index in [0.717, 1.165) is 4.47 Å². The molecule has 0 aromatic heterocycles. The van der Waals surface area contributed by atoms with Crippen molar-refractivity contribution in [3.63, 3.8) is 0 Å². The van der Waals surface area contributed by atoms with Gasteiger partial charge in [-0.3, -0.25) is 9.59 Å². The molecule has 1 amide bonds. The molecule has 2 rings (SSSR count). The summed E-state index contributed by atoms with van der Waals surface area (Å²) in [4.78, 5) is 23.6. The van der Waals surface area contributed by atoms with E-state index in [0.29, 0.717) is 35.5 Å². The highest BCUT2D eigenvalue weighted by molar-refractivity contribution is 9.10. The first-order valence-electron chi connectivity index (χ1n) is 7.34. The van der Waals surface area contributed by atoms with Gasteiger partial charge in [-0.2, -0.15) is 5.26 Å². The lowest BCUT2D eigenvalue weighted by Gasteiger charge is -2.11. The Kier molecular flexibility index (Phi) is 6.10. The lowest BCUT2D eigenvalue weighted by atomic mass is 10.1. The molecule has 2 aromatic rings. The Labute approximate surface area is 148 Å². The summed E-state index contributed by atoms with van der Waals surface area (Å²) < 4.78 is 0.912. The lowest BCUT2D eigenvalue weighted by molar-refractivity contribution is 0.0953. The molecular weight excluding hydrogens is 370 g/mol. The van der Waals surface area contributed by atoms with Gasteiger partial charge in [-0.05, 0) is 49.4 Å². The van der Waals surface area contributed by atoms with Gasteiger partial charge in [-0.1, -0.05) is 15.9 Å². The maximum atomic E-state index is 12.0. The van der Waals surface area contributed by atoms with E-state index >= 15 is 0 Å². The minimum absolute atomic E-state index is 0.0825. The number of carbonyl (C=O) groups excluding carboxylic acids is 2. The number of ketones is 1. The van der Waals surface area contributed by atoms with Gasteiger partial charge in [0.2, 0.25) is 0 Å². The third-order valence-electron chi connectivity index (χ3n) is 3.36. The van der Waals surface area contributed by atoms with E-state index in [9.17, 15) is 9.59 Å². The number of rotatable bonds is 6. The van der Waals surface area contributed by atoms with Crippen LogP contribution in [0.1, 0.15) is 33.2 Å². The Bertz CT molecular complexity index is 795. The molecule has 0 spiro atoms. The van der Waals surface area contributed by atoms with Gasteiger partial charge in [0.1, 0.15) is 0 Å². The average Bonchev–Trinajstić information content (AvgIpc) is 2.58. The number of hydrogen-bond donors (Lipinski definition) is 2. The third kappa shape index (κ3) is 4.67. The summed E-state index contributed by atoms with van der Waals surface area (Å²) in [5.41, 5.74) is 2.17. The topological polar surface area (TPSA) is 82.0 Å². The molecule has 0 unspecified atom stereocenters. The Morgan fingerprint density at radius 2 is 1.83 bits per heavy atom. The van der Waals surface area contributed by atoms with E-state index < -0.39 is 0 Å². The van der Waals surface area contributed by atoms with Gasteiger partial charge in [0.25, 0.3) is 5.91 Å². The minimum Gasteiger partial charge on any atom is -0.383 e. The summed E-state index contributed by atoms with van der Waals surface area (Å²) in [6, 6.07) is 14.0. The molecule has 0 aliphatic heterocycles. The van der Waals surface area contributed by atoms with E-state index in [-0.39, 0.29) is 11.7 Å². The van der Waals surface area contributed by atoms with Crippen LogP contribution in [0.3, 0.4) is 0 Å². The maximum Gasteiger partial charge on any atom is 0.251 e. The standard InChI is InChI=1S/C18H16BrN3O2/c1-12(23)16-7-2-13(11-20)10-17(16)21-8-9-22-18(24)14-3-5-15(19)6-4-14/h2-7,10,21H,8-9H2,1H3,(H,22,24). The first-order chi connectivity index (χ1) is 11.5. The number of hydrogen-bond acceptors (Lipinski definition) is 4. The van der Waals surface area contributed by atoms with Gasteiger partial charge in [-0.25, -0.2) is 0 Å². The van der Waals surface area contributed by atoms with E-state index in [1.165, 1.54) is 6.92 Å². The van der Waals surface area contributed by atoms with Crippen molar-refractivity contribution in [2.45, 2.75) is 6.92 Å². The Balaban J connectivity index is 1.92. The summed E-state index contributed by atoms with van der Waals surface area (Å²) in [6.07, 6.45) is 0. The van der Waals surface area contributed by atoms with E-state index in [1.807, 2.05) is 6.07 Å². The normalized spacial score (nSPS) is 9.88. The van der Waals surface area contributed by atoms with Crippen molar-refractivity contribution in [2.24, 2.45) is 0 Å². The molecule has 2 N–H and O–H groups in total. The van der Waals surface area contributed by atoms with Gasteiger partial charge in [-0.15, -0.1) is 0 Å². The zero-order valence-corrected chi connectivity index (χ0v) is 14.7. The molecular formula is C18H16BrN3O2. The third-order valence-corrected chi connectivity index (χ3v) is 3.89. The molecule has 5 nitrogen and oxygen atoms in total. The number of halogens is 1. The number of nitriles is 1. The minimum atomic E-state index is -0.165. The number of nitrogens with one attached hydrogen (secondary N) is 2. The van der Waals surface area contributed by atoms with Gasteiger partial charge in [0.05, 0.1) is 11.6 Å². The highest BCUT2D eigenvalue weighted by Crippen LogP contribution is 2.18. The SMILES string of the molecule is CC(=O)c1ccc(C#N)cc1NCCNC(=O)c1ccc(Br)cc1. The summed E-state index contributed by atoms with van der Waals surface area (Å²) >= 11 is 3.32. The second-order valence-electron chi connectivity index (χ2n) is 5.12. The second-order valence-corrected chi connectivity index (χ2v) is 6.03. The highest BCUT2D eigenvalue weighted by atomic mass is 79.9. The van der Waals surface area contributed by atoms with Crippen LogP contribution in [0.25, 0.3) is 0 Å². The Morgan fingerprint density at radius 3 is 2.46 bits per heavy atom. The van der Waals surface area contributed by atoms with E-state index in [4.69, 9.17) is 5.26 Å². The van der Waals surface area contributed by atoms with Crippen LogP contribution >= 0.6 is 15.9 Å². The molecule has 0 radical (unpaired) electrons. The molecule has 0 fully saturated rings. The highest BCUT2D eigenvalue weighted by Gasteiger charge is 2.08. The van der Waals surface area contributed by atoms with Crippen molar-refractivity contribution in [1.82, 2.24) is 5.32 Å². The smallest absolute Gasteiger partial charge is 0.251 e. The van der Waals surface area contributed by atoms with Crippen LogP contribution in [0.4, 0.5) is 5.69 Å². The fourth-order valence-corrected chi connectivity index (χ4v) is 2.41. The van der Waals surface area contributed by atoms with Crippen LogP contribution in [-0.2, 0) is 0 Å². The molecule has 122 valence electrons. The molecule has 24 heavy (non-hydrogen) atoms. The van der Waals surface area contributed by atoms with Crippen molar-refractivity contribution in [3.8, 4) is 6.07 Å². The zero-order valence-electron chi connectivity index (χ0n) is 13.1. The van der Waals surface area contributed by atoms with Crippen LogP contribution in [0.2, 0.25) is 0 Å². The first kappa shape index (κ1) is 17.7. The fourth-order valence-electron chi connectivity index (χ4n) is 2.14. The number of benzene rings is 2. The number of amides is 1. The van der Waals surface area contributed by atoms with Gasteiger partial charge in [0.15, 0.2) is 5.78 Å². The monoisotopic (exact) mass is 385 g/mol. The van der Waals surface area contributed by atoms with Crippen molar-refractivity contribution < 1.29 is 9.59 Å². The zero-order chi connectivity index (χ0) is 17.5. The Morgan fingerprint density at radius 1 is 1.12 bits per heavy atom. The van der Waals surface area contributed by atoms with Gasteiger partial charge < -0.3 is 10.6 Å². The number of anilines is 1. The van der Waals surface area contributed by atoms with Gasteiger partial charge in [0, 0.05) is 34.4 Å². The van der Waals surface area contributed by atoms with E-state index in [2.05, 4.69) is 26.6 Å². The van der Waals surface area contributed by atoms with Crippen LogP contribution in [0.15, 0.2) is 46.9 Å². The van der Waals surface area contributed by atoms with Crippen LogP contribution in [0.5, 0.6) is 0 Å². The predicted molar refractivity (Wildman–Crippen MR) is 96.1 cm³/mol. The lowest BCUT2D eigenvalue weighted by Crippen LogP contribution is -2.29. The number of carbonyl (C=O) groups is 2. The molecule has 0 atom stereocenters. The fraction of sp³-hybridized carbons (Fsp3) is 0.167. The largest absolute Gasteiger partial charge is 0.383 e. The molecule has 0 aliphatic carbocycles. The van der Waals surface area contributed by atoms with Crippen molar-refractivity contribution in [2.75, 3.05) is 18.4 Å². The molecule has 6 heteroatoms. The van der Waals surface area contributed by atoms with Crippen LogP contribution in [-0.4, -0.2) is 24.8 Å². The molecule has 0 bridgehead atoms. The average molecular weight is 386 g/mol. The summed E-state index contributed by atoms with van der Waals surface area (Å²) in [5.74, 6) is -0.247. The summed E-state index contributed by atoms with van der Waals surface area (Å²) in [5, 5.41) is 14.8. The molecule has 0 saturated heterocycles. The predicted octanol–water partition coefficient (Wildman–Crippen LogP) is 3.37. The van der Waals surface area contributed by atoms with Crippen molar-refractivity contribution >= 4 is 33.3 Å². The van der Waals surface area contributed by atoms with Crippen LogP contribution in [0, 0.1) is 11.3 Å². The van der Waals surface area contributed by atoms with Crippen molar-refractivity contribution in [1.29, 1.82) is 5.26 Å². The second kappa shape index (κ2) is 8.27. The maximum absolute atomic E-state index is 12.0. The molecule has 0 aliphatic rings. The van der Waals surface area contributed by atoms with Gasteiger partial charge >= 0.3 is 0 Å². The quantitative estimate of drug-likeness (QED) is 0.589. The molecule has 0 saturated carbocycles.